The van der Waals surface area contributed by atoms with Crippen molar-refractivity contribution in [3.05, 3.63) is 66.4 Å². The lowest BCUT2D eigenvalue weighted by Crippen LogP contribution is -2.09. The molecule has 0 radical (unpaired) electrons. The van der Waals surface area contributed by atoms with Gasteiger partial charge in [0.1, 0.15) is 12.4 Å². The van der Waals surface area contributed by atoms with Crippen LogP contribution in [0.5, 0.6) is 5.75 Å². The molecule has 1 aromatic heterocycles. The minimum Gasteiger partial charge on any atom is -0.492 e. The molecule has 0 unspecified atom stereocenters. The van der Waals surface area contributed by atoms with Crippen molar-refractivity contribution in [3.63, 3.8) is 0 Å². The van der Waals surface area contributed by atoms with Gasteiger partial charge in [-0.1, -0.05) is 36.4 Å². The minimum absolute atomic E-state index is 0.684. The van der Waals surface area contributed by atoms with Gasteiger partial charge in [0.15, 0.2) is 0 Å². The number of benzene rings is 2. The van der Waals surface area contributed by atoms with Crippen molar-refractivity contribution in [3.8, 4) is 5.75 Å². The molecule has 2 nitrogen and oxygen atoms in total. The van der Waals surface area contributed by atoms with E-state index in [2.05, 4.69) is 41.8 Å². The number of rotatable bonds is 4. The third kappa shape index (κ3) is 2.48. The number of fused-ring (bicyclic) bond motifs is 1. The number of para-hydroxylation sites is 2. The summed E-state index contributed by atoms with van der Waals surface area (Å²) in [4.78, 5) is 0. The van der Waals surface area contributed by atoms with Crippen molar-refractivity contribution < 1.29 is 4.74 Å². The summed E-state index contributed by atoms with van der Waals surface area (Å²) in [6, 6.07) is 20.6. The van der Waals surface area contributed by atoms with E-state index in [-0.39, 0.29) is 0 Å². The van der Waals surface area contributed by atoms with E-state index in [0.29, 0.717) is 6.61 Å². The Morgan fingerprint density at radius 1 is 0.947 bits per heavy atom. The van der Waals surface area contributed by atoms with Crippen molar-refractivity contribution in [2.75, 3.05) is 6.61 Å². The highest BCUT2D eigenvalue weighted by Crippen LogP contribution is 2.19. The molecule has 3 rings (SSSR count). The summed E-state index contributed by atoms with van der Waals surface area (Å²) in [5, 5.41) is 1.29. The van der Waals surface area contributed by atoms with Gasteiger partial charge < -0.3 is 9.30 Å². The Morgan fingerprint density at radius 3 is 2.53 bits per heavy atom. The second-order valence-corrected chi connectivity index (χ2v) is 4.66. The zero-order valence-electron chi connectivity index (χ0n) is 11.0. The molecule has 19 heavy (non-hydrogen) atoms. The molecule has 0 aliphatic heterocycles. The van der Waals surface area contributed by atoms with Crippen LogP contribution in [0.2, 0.25) is 0 Å². The van der Waals surface area contributed by atoms with E-state index < -0.39 is 0 Å². The van der Waals surface area contributed by atoms with E-state index in [4.69, 9.17) is 4.74 Å². The summed E-state index contributed by atoms with van der Waals surface area (Å²) in [7, 11) is 0. The summed E-state index contributed by atoms with van der Waals surface area (Å²) >= 11 is 0. The lowest BCUT2D eigenvalue weighted by atomic mass is 10.2. The largest absolute Gasteiger partial charge is 0.492 e. The van der Waals surface area contributed by atoms with Crippen LogP contribution < -0.4 is 4.74 Å². The molecule has 0 saturated heterocycles. The van der Waals surface area contributed by atoms with Crippen LogP contribution in [0, 0.1) is 6.92 Å². The van der Waals surface area contributed by atoms with Crippen LogP contribution in [-0.4, -0.2) is 11.2 Å². The van der Waals surface area contributed by atoms with Crippen molar-refractivity contribution in [2.45, 2.75) is 13.5 Å². The Morgan fingerprint density at radius 2 is 1.68 bits per heavy atom. The third-order valence-electron chi connectivity index (χ3n) is 3.34. The van der Waals surface area contributed by atoms with Crippen molar-refractivity contribution in [1.29, 1.82) is 0 Å². The molecule has 0 aliphatic carbocycles. The van der Waals surface area contributed by atoms with Crippen LogP contribution in [0.15, 0.2) is 60.7 Å². The zero-order chi connectivity index (χ0) is 13.1. The molecule has 2 heteroatoms. The van der Waals surface area contributed by atoms with E-state index in [1.54, 1.807) is 0 Å². The van der Waals surface area contributed by atoms with Gasteiger partial charge in [-0.2, -0.15) is 0 Å². The highest BCUT2D eigenvalue weighted by atomic mass is 16.5. The van der Waals surface area contributed by atoms with E-state index in [0.717, 1.165) is 12.3 Å². The van der Waals surface area contributed by atoms with Gasteiger partial charge in [0.2, 0.25) is 0 Å². The number of ether oxygens (including phenoxy) is 1. The molecule has 0 N–H and O–H groups in total. The maximum Gasteiger partial charge on any atom is 0.119 e. The normalized spacial score (nSPS) is 10.8. The molecule has 0 fully saturated rings. The van der Waals surface area contributed by atoms with Crippen molar-refractivity contribution in [2.24, 2.45) is 0 Å². The van der Waals surface area contributed by atoms with Gasteiger partial charge in [-0.05, 0) is 36.6 Å². The fourth-order valence-electron chi connectivity index (χ4n) is 2.42. The standard InChI is InChI=1S/C17H17NO/c1-14-13-15-7-5-6-10-17(15)18(14)11-12-19-16-8-3-2-4-9-16/h2-10,13H,11-12H2,1H3. The Bertz CT molecular complexity index is 670. The van der Waals surface area contributed by atoms with Crippen LogP contribution >= 0.6 is 0 Å². The highest BCUT2D eigenvalue weighted by Gasteiger charge is 2.04. The summed E-state index contributed by atoms with van der Waals surface area (Å²) in [6.07, 6.45) is 0. The Balaban J connectivity index is 1.73. The molecule has 2 aromatic carbocycles. The van der Waals surface area contributed by atoms with E-state index in [9.17, 15) is 0 Å². The average Bonchev–Trinajstić information content (AvgIpc) is 2.76. The lowest BCUT2D eigenvalue weighted by Gasteiger charge is -2.10. The summed E-state index contributed by atoms with van der Waals surface area (Å²) in [6.45, 7) is 3.69. The lowest BCUT2D eigenvalue weighted by molar-refractivity contribution is 0.299. The number of aryl methyl sites for hydroxylation is 1. The van der Waals surface area contributed by atoms with E-state index in [1.807, 2.05) is 30.3 Å². The van der Waals surface area contributed by atoms with Gasteiger partial charge in [0.05, 0.1) is 6.54 Å². The predicted molar refractivity (Wildman–Crippen MR) is 78.6 cm³/mol. The van der Waals surface area contributed by atoms with Crippen LogP contribution in [0.4, 0.5) is 0 Å². The molecular weight excluding hydrogens is 234 g/mol. The van der Waals surface area contributed by atoms with Crippen molar-refractivity contribution in [1.82, 2.24) is 4.57 Å². The Hall–Kier alpha value is -2.22. The average molecular weight is 251 g/mol. The zero-order valence-corrected chi connectivity index (χ0v) is 11.0. The molecule has 3 aromatic rings. The number of aromatic nitrogens is 1. The second-order valence-electron chi connectivity index (χ2n) is 4.66. The van der Waals surface area contributed by atoms with E-state index >= 15 is 0 Å². The summed E-state index contributed by atoms with van der Waals surface area (Å²) < 4.78 is 8.07. The van der Waals surface area contributed by atoms with Gasteiger partial charge in [0.25, 0.3) is 0 Å². The van der Waals surface area contributed by atoms with Crippen LogP contribution in [-0.2, 0) is 6.54 Å². The molecule has 0 aliphatic rings. The molecule has 0 spiro atoms. The highest BCUT2D eigenvalue weighted by molar-refractivity contribution is 5.81. The van der Waals surface area contributed by atoms with E-state index in [1.165, 1.54) is 16.6 Å². The first kappa shape index (κ1) is 11.8. The SMILES string of the molecule is Cc1cc2ccccc2n1CCOc1ccccc1. The Labute approximate surface area is 113 Å². The van der Waals surface area contributed by atoms with Gasteiger partial charge in [-0.15, -0.1) is 0 Å². The molecule has 1 heterocycles. The first-order chi connectivity index (χ1) is 9.34. The quantitative estimate of drug-likeness (QED) is 0.683. The summed E-state index contributed by atoms with van der Waals surface area (Å²) in [5.74, 6) is 0.927. The maximum atomic E-state index is 5.76. The molecule has 0 saturated carbocycles. The molecular formula is C17H17NO. The van der Waals surface area contributed by atoms with Crippen LogP contribution in [0.25, 0.3) is 10.9 Å². The molecule has 0 atom stereocenters. The minimum atomic E-state index is 0.684. The number of hydrogen-bond donors (Lipinski definition) is 0. The van der Waals surface area contributed by atoms with Gasteiger partial charge in [0, 0.05) is 11.2 Å². The monoisotopic (exact) mass is 251 g/mol. The summed E-state index contributed by atoms with van der Waals surface area (Å²) in [5.41, 5.74) is 2.55. The smallest absolute Gasteiger partial charge is 0.119 e. The topological polar surface area (TPSA) is 14.2 Å². The van der Waals surface area contributed by atoms with Crippen LogP contribution in [0.3, 0.4) is 0 Å². The maximum absolute atomic E-state index is 5.76. The third-order valence-corrected chi connectivity index (χ3v) is 3.34. The fourth-order valence-corrected chi connectivity index (χ4v) is 2.42. The first-order valence-corrected chi connectivity index (χ1v) is 6.57. The number of hydrogen-bond acceptors (Lipinski definition) is 1. The van der Waals surface area contributed by atoms with Gasteiger partial charge in [-0.3, -0.25) is 0 Å². The molecule has 0 amide bonds. The fraction of sp³-hybridized carbons (Fsp3) is 0.176. The van der Waals surface area contributed by atoms with Gasteiger partial charge >= 0.3 is 0 Å². The number of nitrogens with zero attached hydrogens (tertiary/aromatic N) is 1. The molecule has 96 valence electrons. The Kier molecular flexibility index (Phi) is 3.23. The van der Waals surface area contributed by atoms with Crippen LogP contribution in [0.1, 0.15) is 5.69 Å². The van der Waals surface area contributed by atoms with Crippen molar-refractivity contribution >= 4 is 10.9 Å². The first-order valence-electron chi connectivity index (χ1n) is 6.57. The molecule has 0 bridgehead atoms. The van der Waals surface area contributed by atoms with Gasteiger partial charge in [-0.25, -0.2) is 0 Å². The predicted octanol–water partition coefficient (Wildman–Crippen LogP) is 4.03. The second kappa shape index (κ2) is 5.19.